The molecule has 4 fully saturated rings. The van der Waals surface area contributed by atoms with Gasteiger partial charge in [0.15, 0.2) is 11.4 Å². The molecule has 3 saturated carbocycles. The molecule has 0 aromatic carbocycles. The van der Waals surface area contributed by atoms with Gasteiger partial charge in [-0.05, 0) is 87.0 Å². The first-order valence-electron chi connectivity index (χ1n) is 12.5. The standard InChI is InChI=1S/C27H34N2O3/c1-4-27(31-24(30)29-13-5-6-14-29)12-10-22-20-8-7-19-15-23-18(17-28-32-23)16-25(19,2)21(20)9-11-26(22,27)3/h1,15,17,20-22H,5-14,16H2,2-3H3. The second kappa shape index (κ2) is 6.89. The number of hydrogen-bond acceptors (Lipinski definition) is 4. The number of likely N-dealkylation sites (tertiary alicyclic amines) is 1. The van der Waals surface area contributed by atoms with Crippen molar-refractivity contribution in [3.05, 3.63) is 23.1 Å². The van der Waals surface area contributed by atoms with Crippen LogP contribution in [-0.4, -0.2) is 34.8 Å². The minimum Gasteiger partial charge on any atom is -0.429 e. The van der Waals surface area contributed by atoms with Crippen molar-refractivity contribution in [3.63, 3.8) is 0 Å². The Kier molecular flexibility index (Phi) is 4.39. The van der Waals surface area contributed by atoms with E-state index in [0.717, 1.165) is 70.2 Å². The minimum atomic E-state index is -0.770. The third-order valence-corrected chi connectivity index (χ3v) is 10.3. The van der Waals surface area contributed by atoms with Crippen LogP contribution in [0.2, 0.25) is 0 Å². The number of allylic oxidation sites excluding steroid dienone is 1. The summed E-state index contributed by atoms with van der Waals surface area (Å²) in [6, 6.07) is 0. The van der Waals surface area contributed by atoms with E-state index in [4.69, 9.17) is 15.7 Å². The van der Waals surface area contributed by atoms with E-state index in [-0.39, 0.29) is 16.9 Å². The highest BCUT2D eigenvalue weighted by Crippen LogP contribution is 2.68. The van der Waals surface area contributed by atoms with Gasteiger partial charge in [-0.2, -0.15) is 0 Å². The fraction of sp³-hybridized carbons (Fsp3) is 0.704. The second-order valence-corrected chi connectivity index (χ2v) is 11.4. The number of carbonyl (C=O) groups is 1. The fourth-order valence-corrected chi connectivity index (χ4v) is 8.43. The topological polar surface area (TPSA) is 55.6 Å². The summed E-state index contributed by atoms with van der Waals surface area (Å²) in [6.45, 7) is 6.38. The summed E-state index contributed by atoms with van der Waals surface area (Å²) in [5.74, 6) is 5.76. The molecule has 0 N–H and O–H groups in total. The summed E-state index contributed by atoms with van der Waals surface area (Å²) < 4.78 is 11.8. The van der Waals surface area contributed by atoms with Crippen LogP contribution in [0.25, 0.3) is 6.08 Å². The molecule has 5 aliphatic rings. The Morgan fingerprint density at radius 2 is 2.00 bits per heavy atom. The van der Waals surface area contributed by atoms with E-state index >= 15 is 0 Å². The molecule has 6 atom stereocenters. The van der Waals surface area contributed by atoms with Crippen LogP contribution in [-0.2, 0) is 11.2 Å². The van der Waals surface area contributed by atoms with E-state index < -0.39 is 5.60 Å². The number of ether oxygens (including phenoxy) is 1. The fourth-order valence-electron chi connectivity index (χ4n) is 8.43. The maximum absolute atomic E-state index is 13.0. The summed E-state index contributed by atoms with van der Waals surface area (Å²) >= 11 is 0. The van der Waals surface area contributed by atoms with Gasteiger partial charge in [-0.1, -0.05) is 30.5 Å². The first-order valence-corrected chi connectivity index (χ1v) is 12.5. The van der Waals surface area contributed by atoms with Gasteiger partial charge in [0.25, 0.3) is 0 Å². The molecule has 5 heteroatoms. The molecule has 1 saturated heterocycles. The van der Waals surface area contributed by atoms with Crippen LogP contribution < -0.4 is 0 Å². The van der Waals surface area contributed by atoms with Gasteiger partial charge in [0.05, 0.1) is 6.20 Å². The zero-order valence-corrected chi connectivity index (χ0v) is 19.4. The molecule has 0 bridgehead atoms. The van der Waals surface area contributed by atoms with Gasteiger partial charge in [0, 0.05) is 24.1 Å². The predicted molar refractivity (Wildman–Crippen MR) is 121 cm³/mol. The van der Waals surface area contributed by atoms with Crippen LogP contribution in [0.3, 0.4) is 0 Å². The number of amides is 1. The van der Waals surface area contributed by atoms with Crippen molar-refractivity contribution in [2.75, 3.05) is 13.1 Å². The summed E-state index contributed by atoms with van der Waals surface area (Å²) in [5, 5.41) is 4.06. The average Bonchev–Trinajstić information content (AvgIpc) is 3.51. The number of terminal acetylenes is 1. The lowest BCUT2D eigenvalue weighted by molar-refractivity contribution is -0.105. The second-order valence-electron chi connectivity index (χ2n) is 11.4. The number of fused-ring (bicyclic) bond motifs is 6. The van der Waals surface area contributed by atoms with Gasteiger partial charge >= 0.3 is 6.09 Å². The molecule has 0 spiro atoms. The molecule has 4 aliphatic carbocycles. The predicted octanol–water partition coefficient (Wildman–Crippen LogP) is 5.46. The summed E-state index contributed by atoms with van der Waals surface area (Å²) in [6.07, 6.45) is 19.6. The quantitative estimate of drug-likeness (QED) is 0.551. The van der Waals surface area contributed by atoms with E-state index in [1.54, 1.807) is 0 Å². The molecule has 170 valence electrons. The maximum atomic E-state index is 13.0. The number of hydrogen-bond donors (Lipinski definition) is 0. The van der Waals surface area contributed by atoms with Crippen LogP contribution in [0.15, 0.2) is 16.3 Å². The minimum absolute atomic E-state index is 0.146. The van der Waals surface area contributed by atoms with Gasteiger partial charge in [-0.3, -0.25) is 0 Å². The van der Waals surface area contributed by atoms with Gasteiger partial charge in [0.1, 0.15) is 0 Å². The highest BCUT2D eigenvalue weighted by molar-refractivity contribution is 5.69. The van der Waals surface area contributed by atoms with E-state index in [1.165, 1.54) is 17.6 Å². The zero-order chi connectivity index (χ0) is 22.1. The molecule has 5 nitrogen and oxygen atoms in total. The molecular weight excluding hydrogens is 400 g/mol. The van der Waals surface area contributed by atoms with Crippen molar-refractivity contribution >= 4 is 12.2 Å². The SMILES string of the molecule is C#CC1(OC(=O)N2CCCC2)CCC2C3CCC4=Cc5oncc5CC4(C)C3CCC21C. The molecule has 1 aromatic heterocycles. The van der Waals surface area contributed by atoms with Crippen molar-refractivity contribution < 1.29 is 14.1 Å². The molecule has 1 aromatic rings. The normalized spacial score (nSPS) is 42.2. The maximum Gasteiger partial charge on any atom is 0.411 e. The zero-order valence-electron chi connectivity index (χ0n) is 19.4. The lowest BCUT2D eigenvalue weighted by Gasteiger charge is -2.58. The summed E-state index contributed by atoms with van der Waals surface area (Å²) in [4.78, 5) is 14.8. The largest absolute Gasteiger partial charge is 0.429 e. The van der Waals surface area contributed by atoms with Crippen LogP contribution in [0, 0.1) is 40.9 Å². The van der Waals surface area contributed by atoms with Gasteiger partial charge < -0.3 is 14.2 Å². The van der Waals surface area contributed by atoms with Crippen molar-refractivity contribution in [2.24, 2.45) is 28.6 Å². The molecule has 1 amide bonds. The highest BCUT2D eigenvalue weighted by atomic mass is 16.6. The van der Waals surface area contributed by atoms with E-state index in [1.807, 2.05) is 11.1 Å². The Hall–Kier alpha value is -2.22. The summed E-state index contributed by atoms with van der Waals surface area (Å²) in [5.41, 5.74) is 2.03. The lowest BCUT2D eigenvalue weighted by Crippen LogP contribution is -2.56. The van der Waals surface area contributed by atoms with Crippen molar-refractivity contribution in [3.8, 4) is 12.3 Å². The molecule has 0 radical (unpaired) electrons. The third-order valence-electron chi connectivity index (χ3n) is 10.3. The number of aromatic nitrogens is 1. The first kappa shape index (κ1) is 20.4. The monoisotopic (exact) mass is 434 g/mol. The van der Waals surface area contributed by atoms with E-state index in [2.05, 4.69) is 31.0 Å². The molecule has 32 heavy (non-hydrogen) atoms. The Morgan fingerprint density at radius 3 is 2.78 bits per heavy atom. The Balaban J connectivity index is 1.29. The van der Waals surface area contributed by atoms with Crippen LogP contribution in [0.5, 0.6) is 0 Å². The molecule has 2 heterocycles. The average molecular weight is 435 g/mol. The third kappa shape index (κ3) is 2.59. The smallest absolute Gasteiger partial charge is 0.411 e. The first-order chi connectivity index (χ1) is 15.4. The number of carbonyl (C=O) groups excluding carboxylic acids is 1. The van der Waals surface area contributed by atoms with Gasteiger partial charge in [0.2, 0.25) is 0 Å². The van der Waals surface area contributed by atoms with Gasteiger partial charge in [-0.25, -0.2) is 4.79 Å². The Labute approximate surface area is 190 Å². The number of rotatable bonds is 1. The van der Waals surface area contributed by atoms with Crippen LogP contribution in [0.4, 0.5) is 4.79 Å². The molecular formula is C27H34N2O3. The Bertz CT molecular complexity index is 1010. The molecule has 6 rings (SSSR count). The highest BCUT2D eigenvalue weighted by Gasteiger charge is 2.66. The summed E-state index contributed by atoms with van der Waals surface area (Å²) in [7, 11) is 0. The number of nitrogens with zero attached hydrogens (tertiary/aromatic N) is 2. The van der Waals surface area contributed by atoms with E-state index in [9.17, 15) is 4.79 Å². The lowest BCUT2D eigenvalue weighted by atomic mass is 9.46. The van der Waals surface area contributed by atoms with Crippen molar-refractivity contribution in [1.82, 2.24) is 10.1 Å². The van der Waals surface area contributed by atoms with Gasteiger partial charge in [-0.15, -0.1) is 6.42 Å². The van der Waals surface area contributed by atoms with Crippen LogP contribution in [0.1, 0.15) is 76.5 Å². The molecule has 6 unspecified atom stereocenters. The molecule has 1 aliphatic heterocycles. The van der Waals surface area contributed by atoms with Crippen molar-refractivity contribution in [1.29, 1.82) is 0 Å². The Morgan fingerprint density at radius 1 is 1.22 bits per heavy atom. The van der Waals surface area contributed by atoms with Crippen LogP contribution >= 0.6 is 0 Å². The van der Waals surface area contributed by atoms with Crippen molar-refractivity contribution in [2.45, 2.75) is 77.2 Å². The van der Waals surface area contributed by atoms with E-state index in [0.29, 0.717) is 17.8 Å².